The summed E-state index contributed by atoms with van der Waals surface area (Å²) in [6.45, 7) is 9.68. The molecule has 1 nitrogen and oxygen atoms in total. The van der Waals surface area contributed by atoms with Crippen LogP contribution in [0.5, 0.6) is 0 Å². The van der Waals surface area contributed by atoms with Crippen LogP contribution in [0.1, 0.15) is 83.3 Å². The first-order valence-electron chi connectivity index (χ1n) is 13.2. The third-order valence-electron chi connectivity index (χ3n) is 7.96. The van der Waals surface area contributed by atoms with Crippen molar-refractivity contribution in [3.63, 3.8) is 0 Å². The molecule has 0 radical (unpaired) electrons. The van der Waals surface area contributed by atoms with Crippen molar-refractivity contribution in [1.82, 2.24) is 4.90 Å². The average molecular weight is 516 g/mol. The molecule has 0 aromatic heterocycles. The molecule has 168 valence electrons. The first-order chi connectivity index (χ1) is 14.7. The van der Waals surface area contributed by atoms with E-state index in [1.54, 1.807) is 24.4 Å². The Morgan fingerprint density at radius 3 is 2.10 bits per heavy atom. The Bertz CT molecular complexity index is 630. The van der Waals surface area contributed by atoms with E-state index in [0.717, 1.165) is 12.0 Å². The van der Waals surface area contributed by atoms with Gasteiger partial charge in [-0.3, -0.25) is 0 Å². The van der Waals surface area contributed by atoms with E-state index in [2.05, 4.69) is 60.1 Å². The Morgan fingerprint density at radius 2 is 1.50 bits per heavy atom. The molecule has 2 atom stereocenters. The van der Waals surface area contributed by atoms with Gasteiger partial charge in [-0.25, -0.2) is 0 Å². The van der Waals surface area contributed by atoms with Gasteiger partial charge >= 0.3 is 192 Å². The molecule has 0 N–H and O–H groups in total. The molecule has 1 aromatic carbocycles. The number of unbranched alkanes of at least 4 members (excludes halogenated alkanes) is 3. The average Bonchev–Trinajstić information content (AvgIpc) is 2.78. The Morgan fingerprint density at radius 1 is 0.900 bits per heavy atom. The Kier molecular flexibility index (Phi) is 10.3. The number of fused-ring (bicyclic) bond motifs is 2. The van der Waals surface area contributed by atoms with Crippen LogP contribution in [0.4, 0.5) is 0 Å². The van der Waals surface area contributed by atoms with Crippen molar-refractivity contribution in [2.75, 3.05) is 13.1 Å². The third kappa shape index (κ3) is 6.61. The van der Waals surface area contributed by atoms with Crippen molar-refractivity contribution >= 4 is 18.4 Å². The number of rotatable bonds is 12. The molecule has 1 aliphatic carbocycles. The third-order valence-corrected chi connectivity index (χ3v) is 22.2. The van der Waals surface area contributed by atoms with E-state index in [1.165, 1.54) is 77.3 Å². The van der Waals surface area contributed by atoms with Crippen molar-refractivity contribution in [2.24, 2.45) is 5.92 Å². The first-order valence-corrected chi connectivity index (χ1v) is 20.9. The van der Waals surface area contributed by atoms with Gasteiger partial charge in [0.2, 0.25) is 0 Å². The molecule has 1 aromatic rings. The quantitative estimate of drug-likeness (QED) is 0.256. The van der Waals surface area contributed by atoms with Crippen molar-refractivity contribution in [3.8, 4) is 0 Å². The second kappa shape index (κ2) is 12.7. The predicted octanol–water partition coefficient (Wildman–Crippen LogP) is 7.81. The fourth-order valence-corrected chi connectivity index (χ4v) is 20.4. The normalized spacial score (nSPS) is 22.2. The fraction of sp³-hybridized carbons (Fsp3) is 0.714. The van der Waals surface area contributed by atoms with E-state index >= 15 is 0 Å². The van der Waals surface area contributed by atoms with E-state index < -0.39 is 18.4 Å². The molecule has 1 aliphatic heterocycles. The molecule has 2 heteroatoms. The summed E-state index contributed by atoms with van der Waals surface area (Å²) in [5.41, 5.74) is 3.25. The zero-order valence-corrected chi connectivity index (χ0v) is 23.0. The van der Waals surface area contributed by atoms with Crippen LogP contribution < -0.4 is 0 Å². The molecular formula is C28H47NSn. The van der Waals surface area contributed by atoms with Gasteiger partial charge < -0.3 is 0 Å². The molecular weight excluding hydrogens is 469 g/mol. The van der Waals surface area contributed by atoms with Crippen LogP contribution in [0.15, 0.2) is 34.4 Å². The van der Waals surface area contributed by atoms with Gasteiger partial charge in [-0.05, 0) is 0 Å². The van der Waals surface area contributed by atoms with Gasteiger partial charge in [0.1, 0.15) is 0 Å². The molecule has 3 rings (SSSR count). The fourth-order valence-electron chi connectivity index (χ4n) is 6.09. The molecule has 0 amide bonds. The summed E-state index contributed by atoms with van der Waals surface area (Å²) in [4.78, 5) is 2.86. The number of likely N-dealkylation sites (tertiary alicyclic amines) is 1. The molecule has 0 saturated carbocycles. The van der Waals surface area contributed by atoms with Crippen LogP contribution in [-0.4, -0.2) is 42.4 Å². The standard InChI is InChI=1S/C16H20N.3C4H9.Sn/c1-2-9-17-10-5-8-15-11-13-6-3-4-7-14(13)12-16(15)17;3*1-3-4-2;/h1-4,6-7,15-16H,5,8-12H2;3*1,3-4H2,2H3;/t15-,16-;;;;/m0..../s1. The van der Waals surface area contributed by atoms with Crippen molar-refractivity contribution in [1.29, 1.82) is 0 Å². The Balaban J connectivity index is 1.68. The van der Waals surface area contributed by atoms with E-state index in [0.29, 0.717) is 0 Å². The number of piperidine rings is 1. The number of hydrogen-bond donors (Lipinski definition) is 0. The van der Waals surface area contributed by atoms with Crippen molar-refractivity contribution in [2.45, 2.75) is 104 Å². The summed E-state index contributed by atoms with van der Waals surface area (Å²) < 4.78 is 7.69. The Labute approximate surface area is 191 Å². The van der Waals surface area contributed by atoms with Crippen LogP contribution in [0.2, 0.25) is 13.3 Å². The van der Waals surface area contributed by atoms with E-state index in [4.69, 9.17) is 0 Å². The summed E-state index contributed by atoms with van der Waals surface area (Å²) in [6, 6.07) is 10.0. The summed E-state index contributed by atoms with van der Waals surface area (Å²) in [5.74, 6) is 0.885. The summed E-state index contributed by atoms with van der Waals surface area (Å²) in [7, 11) is 0. The topological polar surface area (TPSA) is 3.24 Å². The van der Waals surface area contributed by atoms with Gasteiger partial charge in [0.15, 0.2) is 0 Å². The van der Waals surface area contributed by atoms with Crippen LogP contribution in [0.3, 0.4) is 0 Å². The summed E-state index contributed by atoms with van der Waals surface area (Å²) in [5, 5.41) is 0. The van der Waals surface area contributed by atoms with Crippen LogP contribution >= 0.6 is 0 Å². The molecule has 30 heavy (non-hydrogen) atoms. The van der Waals surface area contributed by atoms with Crippen LogP contribution in [0, 0.1) is 5.92 Å². The van der Waals surface area contributed by atoms with E-state index in [9.17, 15) is 0 Å². The number of hydrogen-bond acceptors (Lipinski definition) is 1. The summed E-state index contributed by atoms with van der Waals surface area (Å²) in [6.07, 6.45) is 16.6. The zero-order valence-electron chi connectivity index (χ0n) is 20.2. The molecule has 1 saturated heterocycles. The number of nitrogens with zero attached hydrogens (tertiary/aromatic N) is 1. The first kappa shape index (κ1) is 24.4. The minimum atomic E-state index is -2.12. The van der Waals surface area contributed by atoms with Gasteiger partial charge in [-0.1, -0.05) is 0 Å². The molecule has 0 spiro atoms. The maximum absolute atomic E-state index is 2.90. The van der Waals surface area contributed by atoms with E-state index in [1.807, 2.05) is 0 Å². The van der Waals surface area contributed by atoms with E-state index in [-0.39, 0.29) is 0 Å². The monoisotopic (exact) mass is 517 g/mol. The molecule has 2 aliphatic rings. The van der Waals surface area contributed by atoms with Crippen LogP contribution in [0.25, 0.3) is 0 Å². The SMILES string of the molecule is CCC[CH2][Sn](/[CH]=C/CN1CCC[C@H]2Cc3ccccc3C[C@@H]21)([CH2]CCC)[CH2]CCC. The molecule has 1 fully saturated rings. The van der Waals surface area contributed by atoms with Crippen LogP contribution in [-0.2, 0) is 12.8 Å². The predicted molar refractivity (Wildman–Crippen MR) is 136 cm³/mol. The van der Waals surface area contributed by atoms with Gasteiger partial charge in [0, 0.05) is 0 Å². The number of benzene rings is 1. The Hall–Kier alpha value is -0.281. The minimum absolute atomic E-state index is 0.782. The molecule has 0 bridgehead atoms. The molecule has 1 heterocycles. The second-order valence-electron chi connectivity index (χ2n) is 10.2. The van der Waals surface area contributed by atoms with Gasteiger partial charge in [-0.2, -0.15) is 0 Å². The van der Waals surface area contributed by atoms with Gasteiger partial charge in [0.05, 0.1) is 0 Å². The zero-order chi connectivity index (χ0) is 21.2. The molecule has 0 unspecified atom stereocenters. The van der Waals surface area contributed by atoms with Gasteiger partial charge in [0.25, 0.3) is 0 Å². The van der Waals surface area contributed by atoms with Crippen molar-refractivity contribution in [3.05, 3.63) is 45.6 Å². The van der Waals surface area contributed by atoms with Gasteiger partial charge in [-0.15, -0.1) is 0 Å². The van der Waals surface area contributed by atoms with Crippen molar-refractivity contribution < 1.29 is 0 Å². The second-order valence-corrected chi connectivity index (χ2v) is 23.2. The maximum atomic E-state index is 2.90. The summed E-state index contributed by atoms with van der Waals surface area (Å²) >= 11 is -2.12.